The largest absolute Gasteiger partial charge is 0.454 e. The third-order valence-corrected chi connectivity index (χ3v) is 6.90. The number of ether oxygens (including phenoxy) is 2. The van der Waals surface area contributed by atoms with E-state index in [0.717, 1.165) is 17.7 Å². The molecule has 4 aromatic carbocycles. The van der Waals surface area contributed by atoms with Crippen LogP contribution >= 0.6 is 11.3 Å². The van der Waals surface area contributed by atoms with Crippen molar-refractivity contribution in [2.24, 2.45) is 0 Å². The fourth-order valence-electron chi connectivity index (χ4n) is 3.94. The van der Waals surface area contributed by atoms with Crippen LogP contribution in [-0.4, -0.2) is 4.98 Å². The first-order valence-corrected chi connectivity index (χ1v) is 12.4. The van der Waals surface area contributed by atoms with Crippen molar-refractivity contribution in [3.8, 4) is 22.6 Å². The summed E-state index contributed by atoms with van der Waals surface area (Å²) in [6.45, 7) is 1.76. The molecule has 5 rings (SSSR count). The number of hydrogen-bond donors (Lipinski definition) is 0. The zero-order valence-electron chi connectivity index (χ0n) is 20.7. The van der Waals surface area contributed by atoms with Crippen LogP contribution in [0.2, 0.25) is 0 Å². The van der Waals surface area contributed by atoms with E-state index in [2.05, 4.69) is 14.5 Å². The van der Waals surface area contributed by atoms with Crippen LogP contribution in [0.1, 0.15) is 16.1 Å². The third kappa shape index (κ3) is 5.58. The standard InChI is InChI=1S/C28H13F10NO2S/c1-12-2-5-22-23(6-12)42-26(39-22)28(37,38)40-14-3-4-16(17(29)9-14)13-7-18(30)24(19(31)8-13)27(35,36)41-15-10-20(32)25(34)21(33)11-15/h2-11H,1H3. The second-order valence-electron chi connectivity index (χ2n) is 8.89. The lowest BCUT2D eigenvalue weighted by atomic mass is 10.0. The molecular formula is C28H13F10NO2S. The number of alkyl halides is 4. The van der Waals surface area contributed by atoms with Crippen LogP contribution in [0.15, 0.2) is 60.7 Å². The Hall–Kier alpha value is -4.33. The Morgan fingerprint density at radius 2 is 1.24 bits per heavy atom. The summed E-state index contributed by atoms with van der Waals surface area (Å²) < 4.78 is 152. The SMILES string of the molecule is Cc1ccc2nc(C(F)(F)Oc3ccc(-c4cc(F)c(C(F)(F)Oc5cc(F)c(F)c(F)c5)c(F)c4)c(F)c3)sc2c1. The van der Waals surface area contributed by atoms with E-state index in [1.807, 2.05) is 0 Å². The van der Waals surface area contributed by atoms with E-state index < -0.39 is 80.3 Å². The number of aryl methyl sites for hydroxylation is 1. The summed E-state index contributed by atoms with van der Waals surface area (Å²) in [5, 5.41) is -0.707. The Bertz CT molecular complexity index is 1790. The van der Waals surface area contributed by atoms with Crippen LogP contribution < -0.4 is 9.47 Å². The zero-order valence-corrected chi connectivity index (χ0v) is 21.5. The minimum Gasteiger partial charge on any atom is -0.429 e. The van der Waals surface area contributed by atoms with Crippen LogP contribution in [0.4, 0.5) is 43.9 Å². The topological polar surface area (TPSA) is 31.4 Å². The number of aromatic nitrogens is 1. The number of nitrogens with zero attached hydrogens (tertiary/aromatic N) is 1. The van der Waals surface area contributed by atoms with Gasteiger partial charge in [0, 0.05) is 23.8 Å². The van der Waals surface area contributed by atoms with Crippen molar-refractivity contribution in [1.82, 2.24) is 4.98 Å². The highest BCUT2D eigenvalue weighted by Gasteiger charge is 2.42. The molecule has 3 nitrogen and oxygen atoms in total. The minimum absolute atomic E-state index is 0.0385. The van der Waals surface area contributed by atoms with Gasteiger partial charge < -0.3 is 9.47 Å². The van der Waals surface area contributed by atoms with Gasteiger partial charge in [-0.1, -0.05) is 6.07 Å². The fourth-order valence-corrected chi connectivity index (χ4v) is 4.91. The first kappa shape index (κ1) is 29.2. The Morgan fingerprint density at radius 3 is 1.86 bits per heavy atom. The molecule has 1 aromatic heterocycles. The molecule has 0 fully saturated rings. The number of hydrogen-bond acceptors (Lipinski definition) is 4. The first-order valence-electron chi connectivity index (χ1n) is 11.6. The molecule has 5 aromatic rings. The molecule has 0 atom stereocenters. The predicted octanol–water partition coefficient (Wildman–Crippen LogP) is 9.36. The van der Waals surface area contributed by atoms with E-state index in [1.165, 1.54) is 0 Å². The van der Waals surface area contributed by atoms with Gasteiger partial charge in [-0.3, -0.25) is 0 Å². The lowest BCUT2D eigenvalue weighted by Crippen LogP contribution is -2.25. The minimum atomic E-state index is -4.86. The highest BCUT2D eigenvalue weighted by molar-refractivity contribution is 7.18. The second-order valence-corrected chi connectivity index (χ2v) is 9.92. The van der Waals surface area contributed by atoms with Gasteiger partial charge in [0.15, 0.2) is 17.5 Å². The van der Waals surface area contributed by atoms with Crippen molar-refractivity contribution in [3.63, 3.8) is 0 Å². The van der Waals surface area contributed by atoms with Crippen molar-refractivity contribution in [2.75, 3.05) is 0 Å². The molecule has 0 spiro atoms. The Balaban J connectivity index is 1.40. The molecule has 0 unspecified atom stereocenters. The van der Waals surface area contributed by atoms with Crippen molar-refractivity contribution >= 4 is 21.6 Å². The Kier molecular flexibility index (Phi) is 7.29. The van der Waals surface area contributed by atoms with Gasteiger partial charge in [-0.05, 0) is 54.4 Å². The summed E-state index contributed by atoms with van der Waals surface area (Å²) >= 11 is 0.662. The summed E-state index contributed by atoms with van der Waals surface area (Å²) in [6.07, 6.45) is -8.84. The van der Waals surface area contributed by atoms with Gasteiger partial charge in [0.2, 0.25) is 5.01 Å². The summed E-state index contributed by atoms with van der Waals surface area (Å²) in [4.78, 5) is 3.84. The fraction of sp³-hybridized carbons (Fsp3) is 0.107. The molecule has 0 aliphatic rings. The number of rotatable bonds is 7. The number of benzene rings is 4. The Morgan fingerprint density at radius 1 is 0.643 bits per heavy atom. The van der Waals surface area contributed by atoms with E-state index >= 15 is 0 Å². The van der Waals surface area contributed by atoms with Gasteiger partial charge in [0.25, 0.3) is 0 Å². The van der Waals surface area contributed by atoms with Gasteiger partial charge >= 0.3 is 12.2 Å². The van der Waals surface area contributed by atoms with Crippen molar-refractivity contribution in [1.29, 1.82) is 0 Å². The maximum absolute atomic E-state index is 14.9. The van der Waals surface area contributed by atoms with Crippen molar-refractivity contribution in [2.45, 2.75) is 19.1 Å². The van der Waals surface area contributed by atoms with Crippen LogP contribution in [0, 0.1) is 41.8 Å². The van der Waals surface area contributed by atoms with Crippen LogP contribution in [0.25, 0.3) is 21.3 Å². The first-order chi connectivity index (χ1) is 19.6. The molecule has 1 heterocycles. The van der Waals surface area contributed by atoms with Crippen molar-refractivity contribution in [3.05, 3.63) is 112 Å². The molecular weight excluding hydrogens is 604 g/mol. The quantitative estimate of drug-likeness (QED) is 0.135. The molecule has 0 aliphatic heterocycles. The lowest BCUT2D eigenvalue weighted by molar-refractivity contribution is -0.189. The molecule has 218 valence electrons. The highest BCUT2D eigenvalue weighted by Crippen LogP contribution is 2.40. The number of halogens is 10. The van der Waals surface area contributed by atoms with Crippen LogP contribution in [0.3, 0.4) is 0 Å². The molecule has 0 aliphatic carbocycles. The molecule has 0 bridgehead atoms. The molecule has 0 radical (unpaired) electrons. The van der Waals surface area contributed by atoms with Gasteiger partial charge in [0.05, 0.1) is 10.2 Å². The molecule has 14 heteroatoms. The van der Waals surface area contributed by atoms with Gasteiger partial charge in [-0.2, -0.15) is 17.6 Å². The average molecular weight is 617 g/mol. The monoisotopic (exact) mass is 617 g/mol. The van der Waals surface area contributed by atoms with Crippen LogP contribution in [-0.2, 0) is 12.2 Å². The molecule has 0 saturated carbocycles. The highest BCUT2D eigenvalue weighted by atomic mass is 32.1. The average Bonchev–Trinajstić information content (AvgIpc) is 3.30. The van der Waals surface area contributed by atoms with E-state index in [1.54, 1.807) is 25.1 Å². The van der Waals surface area contributed by atoms with E-state index in [-0.39, 0.29) is 12.1 Å². The Labute approximate surface area is 233 Å². The predicted molar refractivity (Wildman–Crippen MR) is 131 cm³/mol. The number of fused-ring (bicyclic) bond motifs is 1. The smallest absolute Gasteiger partial charge is 0.429 e. The van der Waals surface area contributed by atoms with E-state index in [0.29, 0.717) is 39.8 Å². The summed E-state index contributed by atoms with van der Waals surface area (Å²) in [7, 11) is 0. The molecule has 0 saturated heterocycles. The normalized spacial score (nSPS) is 12.2. The molecule has 0 amide bonds. The van der Waals surface area contributed by atoms with E-state index in [4.69, 9.17) is 0 Å². The van der Waals surface area contributed by atoms with Gasteiger partial charge in [-0.15, -0.1) is 11.3 Å². The maximum atomic E-state index is 14.9. The molecule has 42 heavy (non-hydrogen) atoms. The second kappa shape index (κ2) is 10.5. The van der Waals surface area contributed by atoms with Crippen molar-refractivity contribution < 1.29 is 53.4 Å². The number of thiazole rings is 1. The lowest BCUT2D eigenvalue weighted by Gasteiger charge is -2.20. The third-order valence-electron chi connectivity index (χ3n) is 5.83. The zero-order chi connectivity index (χ0) is 30.6. The van der Waals surface area contributed by atoms with E-state index in [9.17, 15) is 43.9 Å². The van der Waals surface area contributed by atoms with Gasteiger partial charge in [-0.25, -0.2) is 31.3 Å². The van der Waals surface area contributed by atoms with Gasteiger partial charge in [0.1, 0.15) is 34.5 Å². The summed E-state index contributed by atoms with van der Waals surface area (Å²) in [5.74, 6) is -12.9. The summed E-state index contributed by atoms with van der Waals surface area (Å²) in [6, 6.07) is 7.75. The molecule has 0 N–H and O–H groups in total. The van der Waals surface area contributed by atoms with Crippen LogP contribution in [0.5, 0.6) is 11.5 Å². The maximum Gasteiger partial charge on any atom is 0.454 e. The summed E-state index contributed by atoms with van der Waals surface area (Å²) in [5.41, 5.74) is -2.07.